The van der Waals surface area contributed by atoms with Crippen LogP contribution in [0, 0.1) is 0 Å². The van der Waals surface area contributed by atoms with Gasteiger partial charge < -0.3 is 19.1 Å². The molecule has 0 saturated heterocycles. The number of carboxylic acid groups (broad SMARTS) is 1. The molecule has 5 aromatic rings. The molecule has 0 bridgehead atoms. The fourth-order valence-corrected chi connectivity index (χ4v) is 4.57. The molecule has 0 unspecified atom stereocenters. The third-order valence-corrected chi connectivity index (χ3v) is 6.57. The molecule has 1 N–H and O–H groups in total. The summed E-state index contributed by atoms with van der Waals surface area (Å²) in [4.78, 5) is 15.9. The van der Waals surface area contributed by atoms with E-state index >= 15 is 0 Å². The van der Waals surface area contributed by atoms with Crippen LogP contribution in [0.1, 0.15) is 16.7 Å². The highest BCUT2D eigenvalue weighted by Crippen LogP contribution is 2.30. The molecule has 0 atom stereocenters. The topological polar surface area (TPSA) is 73.6 Å². The molecule has 1 aromatic heterocycles. The first-order chi connectivity index (χ1) is 19.2. The predicted octanol–water partition coefficient (Wildman–Crippen LogP) is 7.51. The normalized spacial score (nSPS) is 11.5. The minimum absolute atomic E-state index is 0.216. The number of hydrogen-bond acceptors (Lipinski definition) is 4. The van der Waals surface area contributed by atoms with Crippen LogP contribution in [0.15, 0.2) is 91.0 Å². The number of nitrogens with zero attached hydrogens (tertiary/aromatic N) is 2. The van der Waals surface area contributed by atoms with Gasteiger partial charge in [0.15, 0.2) is 0 Å². The molecule has 6 nitrogen and oxygen atoms in total. The monoisotopic (exact) mass is 566 g/mol. The summed E-state index contributed by atoms with van der Waals surface area (Å²) in [5.74, 6) is -0.220. The maximum absolute atomic E-state index is 12.6. The molecule has 0 aliphatic rings. The average molecular weight is 567 g/mol. The Balaban J connectivity index is 1.44. The lowest BCUT2D eigenvalue weighted by atomic mass is 10.1. The van der Waals surface area contributed by atoms with Gasteiger partial charge in [-0.1, -0.05) is 48.0 Å². The zero-order chi connectivity index (χ0) is 28.3. The Bertz CT molecular complexity index is 1670. The molecule has 4 aromatic carbocycles. The average Bonchev–Trinajstić information content (AvgIpc) is 3.27. The number of carbonyl (C=O) groups is 1. The molecular formula is C30H22ClF3N2O4. The predicted molar refractivity (Wildman–Crippen MR) is 145 cm³/mol. The lowest BCUT2D eigenvalue weighted by Crippen LogP contribution is -2.17. The standard InChI is InChI=1S/C30H22ClF3N2O4/c31-25-14-13-24(15-22(25)16-28(37)38)39-18-21-6-2-1-5-20(21)17-36-27-8-4-3-7-26(27)35-29(36)19-9-11-23(12-10-19)40-30(32,33)34/h1-15H,16-18H2,(H,37,38). The minimum Gasteiger partial charge on any atom is -0.489 e. The van der Waals surface area contributed by atoms with Crippen LogP contribution < -0.4 is 9.47 Å². The number of alkyl halides is 3. The lowest BCUT2D eigenvalue weighted by Gasteiger charge is -2.15. The molecular weight excluding hydrogens is 545 g/mol. The molecule has 0 spiro atoms. The highest BCUT2D eigenvalue weighted by atomic mass is 35.5. The van der Waals surface area contributed by atoms with Gasteiger partial charge >= 0.3 is 12.3 Å². The van der Waals surface area contributed by atoms with E-state index in [4.69, 9.17) is 26.4 Å². The summed E-state index contributed by atoms with van der Waals surface area (Å²) in [7, 11) is 0. The molecule has 0 saturated carbocycles. The molecule has 5 rings (SSSR count). The van der Waals surface area contributed by atoms with Crippen molar-refractivity contribution in [1.82, 2.24) is 9.55 Å². The van der Waals surface area contributed by atoms with E-state index in [1.165, 1.54) is 12.1 Å². The number of rotatable bonds is 9. The lowest BCUT2D eigenvalue weighted by molar-refractivity contribution is -0.274. The minimum atomic E-state index is -4.77. The van der Waals surface area contributed by atoms with Crippen molar-refractivity contribution in [3.63, 3.8) is 0 Å². The Morgan fingerprint density at radius 1 is 0.875 bits per heavy atom. The number of benzene rings is 4. The number of ether oxygens (including phenoxy) is 2. The van der Waals surface area contributed by atoms with Crippen LogP contribution in [0.2, 0.25) is 5.02 Å². The number of aromatic nitrogens is 2. The number of para-hydroxylation sites is 2. The van der Waals surface area contributed by atoms with Gasteiger partial charge in [0.05, 0.1) is 24.0 Å². The van der Waals surface area contributed by atoms with Gasteiger partial charge in [0, 0.05) is 10.6 Å². The van der Waals surface area contributed by atoms with Crippen LogP contribution in [0.5, 0.6) is 11.5 Å². The Hall–Kier alpha value is -4.50. The van der Waals surface area contributed by atoms with Crippen LogP contribution in [0.25, 0.3) is 22.4 Å². The third-order valence-electron chi connectivity index (χ3n) is 6.20. The van der Waals surface area contributed by atoms with Gasteiger partial charge in [-0.25, -0.2) is 4.98 Å². The molecule has 0 radical (unpaired) electrons. The molecule has 40 heavy (non-hydrogen) atoms. The van der Waals surface area contributed by atoms with Gasteiger partial charge in [0.2, 0.25) is 0 Å². The highest BCUT2D eigenvalue weighted by Gasteiger charge is 2.31. The largest absolute Gasteiger partial charge is 0.573 e. The molecule has 0 aliphatic heterocycles. The van der Waals surface area contributed by atoms with Crippen molar-refractivity contribution in [3.05, 3.63) is 113 Å². The molecule has 10 heteroatoms. The number of imidazole rings is 1. The van der Waals surface area contributed by atoms with E-state index in [0.717, 1.165) is 22.2 Å². The Morgan fingerprint density at radius 2 is 1.55 bits per heavy atom. The van der Waals surface area contributed by atoms with E-state index in [2.05, 4.69) is 4.74 Å². The Morgan fingerprint density at radius 3 is 2.27 bits per heavy atom. The van der Waals surface area contributed by atoms with Crippen molar-refractivity contribution in [1.29, 1.82) is 0 Å². The van der Waals surface area contributed by atoms with Gasteiger partial charge in [0.1, 0.15) is 23.9 Å². The zero-order valence-corrected chi connectivity index (χ0v) is 21.6. The van der Waals surface area contributed by atoms with Gasteiger partial charge in [-0.15, -0.1) is 13.2 Å². The van der Waals surface area contributed by atoms with E-state index in [1.807, 2.05) is 53.1 Å². The first kappa shape index (κ1) is 27.1. The van der Waals surface area contributed by atoms with Crippen molar-refractivity contribution < 1.29 is 32.5 Å². The number of aliphatic carboxylic acids is 1. The first-order valence-corrected chi connectivity index (χ1v) is 12.6. The molecule has 1 heterocycles. The number of fused-ring (bicyclic) bond motifs is 1. The number of carboxylic acids is 1. The van der Waals surface area contributed by atoms with Gasteiger partial charge in [-0.3, -0.25) is 4.79 Å². The van der Waals surface area contributed by atoms with E-state index in [1.54, 1.807) is 30.3 Å². The van der Waals surface area contributed by atoms with Crippen molar-refractivity contribution >= 4 is 28.6 Å². The van der Waals surface area contributed by atoms with Crippen LogP contribution >= 0.6 is 11.6 Å². The summed E-state index contributed by atoms with van der Waals surface area (Å²) in [6, 6.07) is 25.8. The van der Waals surface area contributed by atoms with E-state index in [9.17, 15) is 18.0 Å². The van der Waals surface area contributed by atoms with E-state index in [0.29, 0.717) is 34.3 Å². The second-order valence-corrected chi connectivity index (χ2v) is 9.37. The van der Waals surface area contributed by atoms with Gasteiger partial charge in [-0.2, -0.15) is 0 Å². The molecule has 0 amide bonds. The Kier molecular flexibility index (Phi) is 7.66. The summed E-state index contributed by atoms with van der Waals surface area (Å²) in [5, 5.41) is 9.48. The van der Waals surface area contributed by atoms with Crippen LogP contribution in [0.4, 0.5) is 13.2 Å². The van der Waals surface area contributed by atoms with Crippen molar-refractivity contribution in [3.8, 4) is 22.9 Å². The van der Waals surface area contributed by atoms with Crippen molar-refractivity contribution in [2.75, 3.05) is 0 Å². The van der Waals surface area contributed by atoms with Gasteiger partial charge in [-0.05, 0) is 71.3 Å². The van der Waals surface area contributed by atoms with Crippen LogP contribution in [-0.2, 0) is 24.4 Å². The van der Waals surface area contributed by atoms with Gasteiger partial charge in [0.25, 0.3) is 0 Å². The van der Waals surface area contributed by atoms with E-state index < -0.39 is 12.3 Å². The number of halogens is 4. The maximum atomic E-state index is 12.6. The van der Waals surface area contributed by atoms with Crippen molar-refractivity contribution in [2.24, 2.45) is 0 Å². The summed E-state index contributed by atoms with van der Waals surface area (Å²) >= 11 is 6.13. The van der Waals surface area contributed by atoms with Crippen molar-refractivity contribution in [2.45, 2.75) is 25.9 Å². The van der Waals surface area contributed by atoms with Crippen LogP contribution in [-0.4, -0.2) is 27.0 Å². The maximum Gasteiger partial charge on any atom is 0.573 e. The Labute approximate surface area is 232 Å². The van der Waals surface area contributed by atoms with Crippen LogP contribution in [0.3, 0.4) is 0 Å². The fraction of sp³-hybridized carbons (Fsp3) is 0.133. The summed E-state index contributed by atoms with van der Waals surface area (Å²) < 4.78 is 49.9. The quantitative estimate of drug-likeness (QED) is 0.200. The smallest absolute Gasteiger partial charge is 0.489 e. The van der Waals surface area contributed by atoms with E-state index in [-0.39, 0.29) is 18.8 Å². The zero-order valence-electron chi connectivity index (χ0n) is 20.9. The third kappa shape index (κ3) is 6.38. The molecule has 0 fully saturated rings. The fourth-order valence-electron chi connectivity index (χ4n) is 4.38. The summed E-state index contributed by atoms with van der Waals surface area (Å²) in [6.07, 6.45) is -4.99. The summed E-state index contributed by atoms with van der Waals surface area (Å²) in [6.45, 7) is 0.636. The molecule has 204 valence electrons. The summed E-state index contributed by atoms with van der Waals surface area (Å²) in [5.41, 5.74) is 4.54. The second-order valence-electron chi connectivity index (χ2n) is 8.96. The first-order valence-electron chi connectivity index (χ1n) is 12.2. The molecule has 0 aliphatic carbocycles. The SMILES string of the molecule is O=C(O)Cc1cc(OCc2ccccc2Cn2c(-c3ccc(OC(F)(F)F)cc3)nc3ccccc32)ccc1Cl. The number of hydrogen-bond donors (Lipinski definition) is 1. The highest BCUT2D eigenvalue weighted by molar-refractivity contribution is 6.31. The second kappa shape index (κ2) is 11.3.